The minimum absolute atomic E-state index is 0.0723. The summed E-state index contributed by atoms with van der Waals surface area (Å²) < 4.78 is 7.35. The quantitative estimate of drug-likeness (QED) is 0.893. The van der Waals surface area contributed by atoms with Crippen molar-refractivity contribution in [1.82, 2.24) is 9.78 Å². The summed E-state index contributed by atoms with van der Waals surface area (Å²) in [7, 11) is 1.84. The molecule has 138 valence electrons. The highest BCUT2D eigenvalue weighted by atomic mass is 16.5. The molecule has 0 saturated carbocycles. The molecule has 1 aliphatic heterocycles. The zero-order chi connectivity index (χ0) is 18.8. The Labute approximate surface area is 152 Å². The second-order valence-electron chi connectivity index (χ2n) is 6.46. The highest BCUT2D eigenvalue weighted by molar-refractivity contribution is 6.04. The number of amides is 2. The van der Waals surface area contributed by atoms with Gasteiger partial charge in [0.05, 0.1) is 35.3 Å². The predicted molar refractivity (Wildman–Crippen MR) is 99.4 cm³/mol. The van der Waals surface area contributed by atoms with Gasteiger partial charge < -0.3 is 15.0 Å². The monoisotopic (exact) mass is 356 g/mol. The van der Waals surface area contributed by atoms with E-state index in [-0.39, 0.29) is 18.2 Å². The van der Waals surface area contributed by atoms with Gasteiger partial charge in [-0.1, -0.05) is 12.1 Å². The molecule has 1 fully saturated rings. The summed E-state index contributed by atoms with van der Waals surface area (Å²) in [5, 5.41) is 7.25. The predicted octanol–water partition coefficient (Wildman–Crippen LogP) is 2.43. The van der Waals surface area contributed by atoms with Crippen LogP contribution >= 0.6 is 0 Å². The highest BCUT2D eigenvalue weighted by Crippen LogP contribution is 2.33. The summed E-state index contributed by atoms with van der Waals surface area (Å²) in [6.07, 6.45) is 0.185. The molecule has 0 spiro atoms. The van der Waals surface area contributed by atoms with Crippen LogP contribution in [0.5, 0.6) is 5.75 Å². The van der Waals surface area contributed by atoms with Crippen LogP contribution < -0.4 is 15.0 Å². The SMILES string of the molecule is CCOc1ccccc1N1C[C@H](C(=O)Nc2c(C)nn(C)c2C)CC1=O. The number of carbonyl (C=O) groups excluding carboxylic acids is 2. The van der Waals surface area contributed by atoms with Crippen LogP contribution in [0.4, 0.5) is 11.4 Å². The van der Waals surface area contributed by atoms with Crippen molar-refractivity contribution >= 4 is 23.2 Å². The molecular weight excluding hydrogens is 332 g/mol. The normalized spacial score (nSPS) is 16.8. The molecule has 0 aliphatic carbocycles. The third-order valence-corrected chi connectivity index (χ3v) is 4.71. The molecule has 0 bridgehead atoms. The molecule has 0 unspecified atom stereocenters. The van der Waals surface area contributed by atoms with Gasteiger partial charge in [-0.3, -0.25) is 14.3 Å². The molecule has 1 aliphatic rings. The van der Waals surface area contributed by atoms with Gasteiger partial charge in [0.25, 0.3) is 0 Å². The number of benzene rings is 1. The first-order chi connectivity index (χ1) is 12.4. The van der Waals surface area contributed by atoms with E-state index in [4.69, 9.17) is 4.74 Å². The summed E-state index contributed by atoms with van der Waals surface area (Å²) in [5.41, 5.74) is 3.08. The lowest BCUT2D eigenvalue weighted by molar-refractivity contribution is -0.122. The number of anilines is 2. The summed E-state index contributed by atoms with van der Waals surface area (Å²) in [5.74, 6) is 0.0189. The molecule has 1 aromatic carbocycles. The zero-order valence-electron chi connectivity index (χ0n) is 15.6. The van der Waals surface area contributed by atoms with Crippen molar-refractivity contribution in [3.63, 3.8) is 0 Å². The van der Waals surface area contributed by atoms with Gasteiger partial charge >= 0.3 is 0 Å². The number of nitrogens with one attached hydrogen (secondary N) is 1. The number of para-hydroxylation sites is 2. The number of aryl methyl sites for hydroxylation is 2. The van der Waals surface area contributed by atoms with E-state index in [0.717, 1.165) is 17.1 Å². The zero-order valence-corrected chi connectivity index (χ0v) is 15.6. The molecule has 0 radical (unpaired) electrons. The average Bonchev–Trinajstić information content (AvgIpc) is 3.11. The van der Waals surface area contributed by atoms with Gasteiger partial charge in [0.2, 0.25) is 11.8 Å². The maximum Gasteiger partial charge on any atom is 0.229 e. The third-order valence-electron chi connectivity index (χ3n) is 4.71. The van der Waals surface area contributed by atoms with Crippen molar-refractivity contribution in [3.05, 3.63) is 35.7 Å². The minimum Gasteiger partial charge on any atom is -0.492 e. The lowest BCUT2D eigenvalue weighted by atomic mass is 10.1. The largest absolute Gasteiger partial charge is 0.492 e. The van der Waals surface area contributed by atoms with Gasteiger partial charge in [-0.05, 0) is 32.9 Å². The first-order valence-corrected chi connectivity index (χ1v) is 8.75. The van der Waals surface area contributed by atoms with E-state index in [9.17, 15) is 9.59 Å². The molecule has 2 heterocycles. The number of carbonyl (C=O) groups is 2. The van der Waals surface area contributed by atoms with Crippen LogP contribution in [0.25, 0.3) is 0 Å². The molecule has 2 amide bonds. The highest BCUT2D eigenvalue weighted by Gasteiger charge is 2.36. The Morgan fingerprint density at radius 1 is 1.35 bits per heavy atom. The molecule has 2 aromatic rings. The molecule has 3 rings (SSSR count). The first kappa shape index (κ1) is 18.0. The number of aromatic nitrogens is 2. The van der Waals surface area contributed by atoms with Gasteiger partial charge in [-0.25, -0.2) is 0 Å². The van der Waals surface area contributed by atoms with Crippen LogP contribution in [0.15, 0.2) is 24.3 Å². The van der Waals surface area contributed by atoms with Gasteiger partial charge in [-0.15, -0.1) is 0 Å². The molecule has 1 N–H and O–H groups in total. The van der Waals surface area contributed by atoms with Crippen molar-refractivity contribution in [1.29, 1.82) is 0 Å². The molecule has 7 nitrogen and oxygen atoms in total. The number of rotatable bonds is 5. The van der Waals surface area contributed by atoms with Crippen LogP contribution in [-0.2, 0) is 16.6 Å². The fraction of sp³-hybridized carbons (Fsp3) is 0.421. The van der Waals surface area contributed by atoms with E-state index in [1.165, 1.54) is 0 Å². The van der Waals surface area contributed by atoms with E-state index < -0.39 is 5.92 Å². The van der Waals surface area contributed by atoms with E-state index in [1.807, 2.05) is 52.1 Å². The fourth-order valence-corrected chi connectivity index (χ4v) is 3.25. The van der Waals surface area contributed by atoms with Crippen LogP contribution in [0, 0.1) is 19.8 Å². The Morgan fingerprint density at radius 2 is 2.08 bits per heavy atom. The standard InChI is InChI=1S/C19H24N4O3/c1-5-26-16-9-7-6-8-15(16)23-11-14(10-17(23)24)19(25)20-18-12(2)21-22(4)13(18)3/h6-9,14H,5,10-11H2,1-4H3,(H,20,25)/t14-/m1/s1. The number of nitrogens with zero attached hydrogens (tertiary/aromatic N) is 3. The maximum absolute atomic E-state index is 12.7. The summed E-state index contributed by atoms with van der Waals surface area (Å²) >= 11 is 0. The topological polar surface area (TPSA) is 76.5 Å². The van der Waals surface area contributed by atoms with Gasteiger partial charge in [0.1, 0.15) is 5.75 Å². The van der Waals surface area contributed by atoms with Crippen LogP contribution in [-0.4, -0.2) is 34.7 Å². The molecule has 7 heteroatoms. The van der Waals surface area contributed by atoms with Gasteiger partial charge in [0, 0.05) is 20.0 Å². The summed E-state index contributed by atoms with van der Waals surface area (Å²) in [6.45, 7) is 6.51. The van der Waals surface area contributed by atoms with Crippen molar-refractivity contribution < 1.29 is 14.3 Å². The Balaban J connectivity index is 1.76. The van der Waals surface area contributed by atoms with Crippen molar-refractivity contribution in [2.45, 2.75) is 27.2 Å². The van der Waals surface area contributed by atoms with E-state index in [1.54, 1.807) is 9.58 Å². The number of hydrogen-bond acceptors (Lipinski definition) is 4. The van der Waals surface area contributed by atoms with Crippen molar-refractivity contribution in [3.8, 4) is 5.75 Å². The Hall–Kier alpha value is -2.83. The van der Waals surface area contributed by atoms with Crippen molar-refractivity contribution in [2.75, 3.05) is 23.4 Å². The first-order valence-electron chi connectivity index (χ1n) is 8.75. The lowest BCUT2D eigenvalue weighted by Crippen LogP contribution is -2.28. The molecule has 1 aromatic heterocycles. The molecular formula is C19H24N4O3. The summed E-state index contributed by atoms with van der Waals surface area (Å²) in [6, 6.07) is 7.41. The number of hydrogen-bond donors (Lipinski definition) is 1. The van der Waals surface area contributed by atoms with Gasteiger partial charge in [0.15, 0.2) is 0 Å². The Bertz CT molecular complexity index is 843. The second kappa shape index (κ2) is 7.19. The lowest BCUT2D eigenvalue weighted by Gasteiger charge is -2.20. The van der Waals surface area contributed by atoms with E-state index >= 15 is 0 Å². The smallest absolute Gasteiger partial charge is 0.229 e. The molecule has 26 heavy (non-hydrogen) atoms. The average molecular weight is 356 g/mol. The Morgan fingerprint density at radius 3 is 2.73 bits per heavy atom. The Kier molecular flexibility index (Phi) is 4.97. The van der Waals surface area contributed by atoms with Gasteiger partial charge in [-0.2, -0.15) is 5.10 Å². The molecule has 1 atom stereocenters. The van der Waals surface area contributed by atoms with Crippen molar-refractivity contribution in [2.24, 2.45) is 13.0 Å². The molecule has 1 saturated heterocycles. The minimum atomic E-state index is -0.406. The van der Waals surface area contributed by atoms with Crippen LogP contribution in [0.3, 0.4) is 0 Å². The van der Waals surface area contributed by atoms with E-state index in [2.05, 4.69) is 10.4 Å². The number of ether oxygens (including phenoxy) is 1. The second-order valence-corrected chi connectivity index (χ2v) is 6.46. The van der Waals surface area contributed by atoms with Crippen LogP contribution in [0.2, 0.25) is 0 Å². The maximum atomic E-state index is 12.7. The van der Waals surface area contributed by atoms with E-state index in [0.29, 0.717) is 24.6 Å². The summed E-state index contributed by atoms with van der Waals surface area (Å²) in [4.78, 5) is 26.9. The van der Waals surface area contributed by atoms with Crippen LogP contribution in [0.1, 0.15) is 24.7 Å². The fourth-order valence-electron chi connectivity index (χ4n) is 3.25. The third kappa shape index (κ3) is 3.29.